The number of hydrogen-bond acceptors (Lipinski definition) is 6. The van der Waals surface area contributed by atoms with Crippen LogP contribution in [-0.2, 0) is 11.3 Å². The van der Waals surface area contributed by atoms with Crippen LogP contribution in [0.15, 0.2) is 12.1 Å². The Labute approximate surface area is 137 Å². The second-order valence-corrected chi connectivity index (χ2v) is 6.68. The summed E-state index contributed by atoms with van der Waals surface area (Å²) in [6.07, 6.45) is 0. The van der Waals surface area contributed by atoms with E-state index in [-0.39, 0.29) is 12.3 Å². The Morgan fingerprint density at radius 2 is 2.00 bits per heavy atom. The van der Waals surface area contributed by atoms with Gasteiger partial charge in [-0.15, -0.1) is 0 Å². The summed E-state index contributed by atoms with van der Waals surface area (Å²) in [5.74, 6) is 2.40. The van der Waals surface area contributed by atoms with Gasteiger partial charge in [-0.25, -0.2) is 0 Å². The second-order valence-electron chi connectivity index (χ2n) is 6.68. The standard InChI is InChI=1S/C17H26N2O4/c1-17(2)11-19(5-4-18-17)10-13-8-15-16(23-12-22-15)9-14(13)21-7-6-20-3/h8-9,18H,4-7,10-12H2,1-3H3. The van der Waals surface area contributed by atoms with Crippen molar-refractivity contribution in [2.24, 2.45) is 0 Å². The molecule has 1 N–H and O–H groups in total. The highest BCUT2D eigenvalue weighted by atomic mass is 16.7. The van der Waals surface area contributed by atoms with Gasteiger partial charge in [-0.3, -0.25) is 4.90 Å². The zero-order valence-electron chi connectivity index (χ0n) is 14.2. The number of ether oxygens (including phenoxy) is 4. The van der Waals surface area contributed by atoms with E-state index in [2.05, 4.69) is 24.1 Å². The molecule has 6 nitrogen and oxygen atoms in total. The zero-order chi connectivity index (χ0) is 16.3. The molecule has 1 aromatic rings. The summed E-state index contributed by atoms with van der Waals surface area (Å²) in [6.45, 7) is 9.68. The van der Waals surface area contributed by atoms with Crippen molar-refractivity contribution in [3.05, 3.63) is 17.7 Å². The fourth-order valence-corrected chi connectivity index (χ4v) is 3.08. The molecular weight excluding hydrogens is 296 g/mol. The molecule has 2 aliphatic heterocycles. The molecule has 0 bridgehead atoms. The van der Waals surface area contributed by atoms with Gasteiger partial charge in [0.05, 0.1) is 6.61 Å². The van der Waals surface area contributed by atoms with Crippen LogP contribution in [0.1, 0.15) is 19.4 Å². The monoisotopic (exact) mass is 322 g/mol. The van der Waals surface area contributed by atoms with Crippen molar-refractivity contribution in [2.45, 2.75) is 25.9 Å². The predicted molar refractivity (Wildman–Crippen MR) is 87.3 cm³/mol. The van der Waals surface area contributed by atoms with Crippen molar-refractivity contribution in [1.29, 1.82) is 0 Å². The van der Waals surface area contributed by atoms with Crippen molar-refractivity contribution in [3.8, 4) is 17.2 Å². The van der Waals surface area contributed by atoms with E-state index in [4.69, 9.17) is 18.9 Å². The van der Waals surface area contributed by atoms with E-state index in [9.17, 15) is 0 Å². The summed E-state index contributed by atoms with van der Waals surface area (Å²) in [5, 5.41) is 3.54. The Bertz CT molecular complexity index is 548. The quantitative estimate of drug-likeness (QED) is 0.804. The first kappa shape index (κ1) is 16.4. The number of benzene rings is 1. The largest absolute Gasteiger partial charge is 0.491 e. The van der Waals surface area contributed by atoms with Crippen LogP contribution >= 0.6 is 0 Å². The molecule has 0 amide bonds. The Hall–Kier alpha value is -1.50. The number of methoxy groups -OCH3 is 1. The highest BCUT2D eigenvalue weighted by Crippen LogP contribution is 2.38. The molecule has 2 heterocycles. The third kappa shape index (κ3) is 4.07. The zero-order valence-corrected chi connectivity index (χ0v) is 14.2. The lowest BCUT2D eigenvalue weighted by atomic mass is 10.0. The topological polar surface area (TPSA) is 52.2 Å². The minimum atomic E-state index is 0.131. The fourth-order valence-electron chi connectivity index (χ4n) is 3.08. The molecule has 6 heteroatoms. The molecule has 2 aliphatic rings. The maximum absolute atomic E-state index is 5.89. The molecular formula is C17H26N2O4. The van der Waals surface area contributed by atoms with Crippen LogP contribution in [0, 0.1) is 0 Å². The van der Waals surface area contributed by atoms with Crippen LogP contribution in [-0.4, -0.2) is 57.2 Å². The van der Waals surface area contributed by atoms with E-state index in [1.165, 1.54) is 0 Å². The number of hydrogen-bond donors (Lipinski definition) is 1. The van der Waals surface area contributed by atoms with Crippen molar-refractivity contribution < 1.29 is 18.9 Å². The Balaban J connectivity index is 1.76. The van der Waals surface area contributed by atoms with Crippen LogP contribution in [0.5, 0.6) is 17.2 Å². The number of nitrogens with zero attached hydrogens (tertiary/aromatic N) is 1. The minimum absolute atomic E-state index is 0.131. The smallest absolute Gasteiger partial charge is 0.231 e. The van der Waals surface area contributed by atoms with E-state index in [1.54, 1.807) is 7.11 Å². The van der Waals surface area contributed by atoms with Crippen LogP contribution in [0.4, 0.5) is 0 Å². The summed E-state index contributed by atoms with van der Waals surface area (Å²) < 4.78 is 22.0. The van der Waals surface area contributed by atoms with Gasteiger partial charge >= 0.3 is 0 Å². The lowest BCUT2D eigenvalue weighted by Gasteiger charge is -2.39. The lowest BCUT2D eigenvalue weighted by Crippen LogP contribution is -2.56. The maximum Gasteiger partial charge on any atom is 0.231 e. The molecule has 0 aromatic heterocycles. The van der Waals surface area contributed by atoms with Gasteiger partial charge in [0.15, 0.2) is 11.5 Å². The number of fused-ring (bicyclic) bond motifs is 1. The van der Waals surface area contributed by atoms with Crippen molar-refractivity contribution in [2.75, 3.05) is 46.8 Å². The molecule has 0 unspecified atom stereocenters. The highest BCUT2D eigenvalue weighted by molar-refractivity contribution is 5.51. The number of piperazine rings is 1. The average molecular weight is 322 g/mol. The number of rotatable bonds is 6. The molecule has 128 valence electrons. The SMILES string of the molecule is COCCOc1cc2c(cc1CN1CCNC(C)(C)C1)OCO2. The van der Waals surface area contributed by atoms with E-state index >= 15 is 0 Å². The van der Waals surface area contributed by atoms with Gasteiger partial charge in [-0.2, -0.15) is 0 Å². The van der Waals surface area contributed by atoms with Crippen LogP contribution in [0.25, 0.3) is 0 Å². The molecule has 1 saturated heterocycles. The molecule has 1 aromatic carbocycles. The summed E-state index contributed by atoms with van der Waals surface area (Å²) in [7, 11) is 1.67. The Kier molecular flexibility index (Phi) is 4.94. The fraction of sp³-hybridized carbons (Fsp3) is 0.647. The average Bonchev–Trinajstić information content (AvgIpc) is 2.93. The Morgan fingerprint density at radius 1 is 1.22 bits per heavy atom. The summed E-state index contributed by atoms with van der Waals surface area (Å²) >= 11 is 0. The van der Waals surface area contributed by atoms with E-state index in [0.717, 1.165) is 49.0 Å². The summed E-state index contributed by atoms with van der Waals surface area (Å²) in [4.78, 5) is 2.44. The number of nitrogens with one attached hydrogen (secondary N) is 1. The maximum atomic E-state index is 5.89. The van der Waals surface area contributed by atoms with Gasteiger partial charge in [-0.05, 0) is 19.9 Å². The van der Waals surface area contributed by atoms with Gasteiger partial charge in [0.1, 0.15) is 12.4 Å². The van der Waals surface area contributed by atoms with Gasteiger partial charge in [-0.1, -0.05) is 0 Å². The van der Waals surface area contributed by atoms with Crippen molar-refractivity contribution in [3.63, 3.8) is 0 Å². The van der Waals surface area contributed by atoms with Crippen LogP contribution in [0.3, 0.4) is 0 Å². The molecule has 0 aliphatic carbocycles. The second kappa shape index (κ2) is 6.95. The first-order valence-corrected chi connectivity index (χ1v) is 8.09. The highest BCUT2D eigenvalue weighted by Gasteiger charge is 2.27. The molecule has 1 fully saturated rings. The van der Waals surface area contributed by atoms with Crippen molar-refractivity contribution >= 4 is 0 Å². The third-order valence-corrected chi connectivity index (χ3v) is 4.15. The van der Waals surface area contributed by atoms with E-state index in [1.807, 2.05) is 12.1 Å². The van der Waals surface area contributed by atoms with E-state index in [0.29, 0.717) is 13.2 Å². The normalized spacial score (nSPS) is 19.8. The predicted octanol–water partition coefficient (Wildman–Crippen LogP) is 1.62. The van der Waals surface area contributed by atoms with Gasteiger partial charge < -0.3 is 24.3 Å². The van der Waals surface area contributed by atoms with Crippen LogP contribution < -0.4 is 19.5 Å². The Morgan fingerprint density at radius 3 is 2.74 bits per heavy atom. The van der Waals surface area contributed by atoms with Crippen LogP contribution in [0.2, 0.25) is 0 Å². The molecule has 0 radical (unpaired) electrons. The molecule has 23 heavy (non-hydrogen) atoms. The first-order valence-electron chi connectivity index (χ1n) is 8.09. The minimum Gasteiger partial charge on any atom is -0.491 e. The molecule has 0 saturated carbocycles. The van der Waals surface area contributed by atoms with Gasteiger partial charge in [0, 0.05) is 50.5 Å². The molecule has 0 spiro atoms. The summed E-state index contributed by atoms with van der Waals surface area (Å²) in [6, 6.07) is 3.97. The molecule has 3 rings (SSSR count). The van der Waals surface area contributed by atoms with E-state index < -0.39 is 0 Å². The lowest BCUT2D eigenvalue weighted by molar-refractivity contribution is 0.137. The third-order valence-electron chi connectivity index (χ3n) is 4.15. The molecule has 0 atom stereocenters. The van der Waals surface area contributed by atoms with Gasteiger partial charge in [0.25, 0.3) is 0 Å². The van der Waals surface area contributed by atoms with Gasteiger partial charge in [0.2, 0.25) is 6.79 Å². The first-order chi connectivity index (χ1) is 11.1. The summed E-state index contributed by atoms with van der Waals surface area (Å²) in [5.41, 5.74) is 1.26. The van der Waals surface area contributed by atoms with Crippen molar-refractivity contribution in [1.82, 2.24) is 10.2 Å².